The zero-order valence-electron chi connectivity index (χ0n) is 11.5. The SMILES string of the molecule is COc1ccc(CC(CCl)Cc2cccc(Br)c2)cc1. The van der Waals surface area contributed by atoms with Gasteiger partial charge < -0.3 is 4.74 Å². The molecule has 0 saturated carbocycles. The van der Waals surface area contributed by atoms with Crippen molar-refractivity contribution in [1.29, 1.82) is 0 Å². The molecule has 1 atom stereocenters. The van der Waals surface area contributed by atoms with E-state index in [9.17, 15) is 0 Å². The van der Waals surface area contributed by atoms with E-state index in [0.29, 0.717) is 11.8 Å². The van der Waals surface area contributed by atoms with E-state index < -0.39 is 0 Å². The van der Waals surface area contributed by atoms with Gasteiger partial charge in [-0.1, -0.05) is 40.2 Å². The Morgan fingerprint density at radius 3 is 2.35 bits per heavy atom. The van der Waals surface area contributed by atoms with Crippen LogP contribution in [-0.2, 0) is 12.8 Å². The average Bonchev–Trinajstić information content (AvgIpc) is 2.47. The molecule has 1 unspecified atom stereocenters. The van der Waals surface area contributed by atoms with Gasteiger partial charge in [0.1, 0.15) is 5.75 Å². The van der Waals surface area contributed by atoms with Gasteiger partial charge in [0.05, 0.1) is 7.11 Å². The summed E-state index contributed by atoms with van der Waals surface area (Å²) in [7, 11) is 1.68. The fourth-order valence-electron chi connectivity index (χ4n) is 2.27. The average molecular weight is 354 g/mol. The predicted molar refractivity (Wildman–Crippen MR) is 88.8 cm³/mol. The van der Waals surface area contributed by atoms with Crippen LogP contribution in [-0.4, -0.2) is 13.0 Å². The van der Waals surface area contributed by atoms with Crippen molar-refractivity contribution in [2.24, 2.45) is 5.92 Å². The van der Waals surface area contributed by atoms with Gasteiger partial charge in [0.2, 0.25) is 0 Å². The summed E-state index contributed by atoms with van der Waals surface area (Å²) in [6.45, 7) is 0. The largest absolute Gasteiger partial charge is 0.497 e. The maximum atomic E-state index is 6.13. The topological polar surface area (TPSA) is 9.23 Å². The summed E-state index contributed by atoms with van der Waals surface area (Å²) in [6, 6.07) is 16.6. The molecule has 0 aliphatic carbocycles. The molecule has 0 fully saturated rings. The highest BCUT2D eigenvalue weighted by Crippen LogP contribution is 2.20. The van der Waals surface area contributed by atoms with E-state index in [1.165, 1.54) is 11.1 Å². The lowest BCUT2D eigenvalue weighted by atomic mass is 9.94. The predicted octanol–water partition coefficient (Wildman–Crippen LogP) is 5.10. The molecule has 0 bridgehead atoms. The molecule has 1 nitrogen and oxygen atoms in total. The van der Waals surface area contributed by atoms with E-state index >= 15 is 0 Å². The van der Waals surface area contributed by atoms with Gasteiger partial charge in [-0.25, -0.2) is 0 Å². The first-order chi connectivity index (χ1) is 9.71. The third kappa shape index (κ3) is 4.53. The van der Waals surface area contributed by atoms with Gasteiger partial charge in [-0.2, -0.15) is 0 Å². The Kier molecular flexibility index (Phi) is 5.93. The Labute approximate surface area is 134 Å². The summed E-state index contributed by atoms with van der Waals surface area (Å²) in [6.07, 6.45) is 1.98. The second-order valence-corrected chi connectivity index (χ2v) is 6.13. The molecule has 2 rings (SSSR count). The minimum absolute atomic E-state index is 0.444. The molecule has 0 N–H and O–H groups in total. The Hall–Kier alpha value is -0.990. The fraction of sp³-hybridized carbons (Fsp3) is 0.294. The van der Waals surface area contributed by atoms with E-state index in [0.717, 1.165) is 23.1 Å². The van der Waals surface area contributed by atoms with Crippen molar-refractivity contribution in [3.63, 3.8) is 0 Å². The first-order valence-electron chi connectivity index (χ1n) is 6.64. The standard InChI is InChI=1S/C17H18BrClO/c1-20-17-7-5-13(6-8-17)9-15(12-19)10-14-3-2-4-16(18)11-14/h2-8,11,15H,9-10,12H2,1H3. The molecule has 0 radical (unpaired) electrons. The smallest absolute Gasteiger partial charge is 0.118 e. The number of hydrogen-bond donors (Lipinski definition) is 0. The van der Waals surface area contributed by atoms with Crippen LogP contribution in [0.5, 0.6) is 5.75 Å². The highest BCUT2D eigenvalue weighted by molar-refractivity contribution is 9.10. The third-order valence-electron chi connectivity index (χ3n) is 3.32. The second kappa shape index (κ2) is 7.70. The quantitative estimate of drug-likeness (QED) is 0.657. The summed E-state index contributed by atoms with van der Waals surface area (Å²) in [4.78, 5) is 0. The number of methoxy groups -OCH3 is 1. The van der Waals surface area contributed by atoms with Crippen LogP contribution < -0.4 is 4.74 Å². The first kappa shape index (κ1) is 15.4. The number of benzene rings is 2. The molecule has 0 aliphatic heterocycles. The van der Waals surface area contributed by atoms with Crippen LogP contribution in [0.3, 0.4) is 0 Å². The minimum Gasteiger partial charge on any atom is -0.497 e. The van der Waals surface area contributed by atoms with Crippen LogP contribution in [0.4, 0.5) is 0 Å². The van der Waals surface area contributed by atoms with Gasteiger partial charge in [-0.15, -0.1) is 11.6 Å². The molecule has 0 aromatic heterocycles. The fourth-order valence-corrected chi connectivity index (χ4v) is 2.94. The maximum Gasteiger partial charge on any atom is 0.118 e. The van der Waals surface area contributed by atoms with Crippen LogP contribution >= 0.6 is 27.5 Å². The Morgan fingerprint density at radius 2 is 1.75 bits per heavy atom. The van der Waals surface area contributed by atoms with Crippen molar-refractivity contribution in [2.45, 2.75) is 12.8 Å². The molecule has 3 heteroatoms. The summed E-state index contributed by atoms with van der Waals surface area (Å²) in [5.74, 6) is 2.00. The normalized spacial score (nSPS) is 12.2. The van der Waals surface area contributed by atoms with Gasteiger partial charge in [-0.05, 0) is 54.2 Å². The van der Waals surface area contributed by atoms with Crippen LogP contribution in [0.25, 0.3) is 0 Å². The van der Waals surface area contributed by atoms with Gasteiger partial charge in [0, 0.05) is 10.4 Å². The number of rotatable bonds is 6. The minimum atomic E-state index is 0.444. The van der Waals surface area contributed by atoms with Crippen molar-refractivity contribution in [1.82, 2.24) is 0 Å². The number of hydrogen-bond acceptors (Lipinski definition) is 1. The van der Waals surface area contributed by atoms with Gasteiger partial charge >= 0.3 is 0 Å². The lowest BCUT2D eigenvalue weighted by Crippen LogP contribution is -2.10. The zero-order valence-corrected chi connectivity index (χ0v) is 13.8. The van der Waals surface area contributed by atoms with Crippen molar-refractivity contribution in [3.05, 3.63) is 64.1 Å². The summed E-state index contributed by atoms with van der Waals surface area (Å²) in [5.41, 5.74) is 2.62. The Morgan fingerprint density at radius 1 is 1.05 bits per heavy atom. The molecule has 0 heterocycles. The highest BCUT2D eigenvalue weighted by atomic mass is 79.9. The first-order valence-corrected chi connectivity index (χ1v) is 7.97. The Balaban J connectivity index is 2.01. The van der Waals surface area contributed by atoms with Crippen molar-refractivity contribution >= 4 is 27.5 Å². The molecule has 0 amide bonds. The van der Waals surface area contributed by atoms with E-state index in [1.54, 1.807) is 7.11 Å². The van der Waals surface area contributed by atoms with E-state index in [2.05, 4.69) is 46.3 Å². The van der Waals surface area contributed by atoms with Crippen LogP contribution in [0.15, 0.2) is 53.0 Å². The summed E-state index contributed by atoms with van der Waals surface area (Å²) >= 11 is 9.64. The number of halogens is 2. The maximum absolute atomic E-state index is 6.13. The van der Waals surface area contributed by atoms with Crippen LogP contribution in [0.1, 0.15) is 11.1 Å². The summed E-state index contributed by atoms with van der Waals surface area (Å²) < 4.78 is 6.30. The molecule has 2 aromatic rings. The highest BCUT2D eigenvalue weighted by Gasteiger charge is 2.10. The molecule has 2 aromatic carbocycles. The monoisotopic (exact) mass is 352 g/mol. The molecule has 106 valence electrons. The lowest BCUT2D eigenvalue weighted by Gasteiger charge is -2.14. The molecule has 20 heavy (non-hydrogen) atoms. The van der Waals surface area contributed by atoms with Gasteiger partial charge in [0.25, 0.3) is 0 Å². The van der Waals surface area contributed by atoms with Crippen LogP contribution in [0.2, 0.25) is 0 Å². The molecule has 0 saturated heterocycles. The van der Waals surface area contributed by atoms with Gasteiger partial charge in [-0.3, -0.25) is 0 Å². The second-order valence-electron chi connectivity index (χ2n) is 4.91. The molecule has 0 spiro atoms. The number of alkyl halides is 1. The zero-order chi connectivity index (χ0) is 14.4. The van der Waals surface area contributed by atoms with E-state index in [1.807, 2.05) is 18.2 Å². The lowest BCUT2D eigenvalue weighted by molar-refractivity contribution is 0.414. The number of ether oxygens (including phenoxy) is 1. The summed E-state index contributed by atoms with van der Waals surface area (Å²) in [5, 5.41) is 0. The van der Waals surface area contributed by atoms with E-state index in [-0.39, 0.29) is 0 Å². The van der Waals surface area contributed by atoms with Crippen molar-refractivity contribution < 1.29 is 4.74 Å². The third-order valence-corrected chi connectivity index (χ3v) is 4.24. The molecular weight excluding hydrogens is 336 g/mol. The van der Waals surface area contributed by atoms with Crippen LogP contribution in [0, 0.1) is 5.92 Å². The van der Waals surface area contributed by atoms with Crippen molar-refractivity contribution in [2.75, 3.05) is 13.0 Å². The van der Waals surface area contributed by atoms with Gasteiger partial charge in [0.15, 0.2) is 0 Å². The molecule has 0 aliphatic rings. The van der Waals surface area contributed by atoms with Crippen molar-refractivity contribution in [3.8, 4) is 5.75 Å². The Bertz CT molecular complexity index is 539. The van der Waals surface area contributed by atoms with E-state index in [4.69, 9.17) is 16.3 Å². The molecular formula is C17H18BrClO.